The lowest BCUT2D eigenvalue weighted by atomic mass is 10.2. The second-order valence-electron chi connectivity index (χ2n) is 7.25. The van der Waals surface area contributed by atoms with Crippen molar-refractivity contribution in [2.75, 3.05) is 17.1 Å². The molecule has 0 aliphatic heterocycles. The number of hydrogen-bond acceptors (Lipinski definition) is 7. The van der Waals surface area contributed by atoms with Gasteiger partial charge in [0.15, 0.2) is 0 Å². The number of ether oxygens (including phenoxy) is 1. The van der Waals surface area contributed by atoms with E-state index in [0.29, 0.717) is 15.8 Å². The van der Waals surface area contributed by atoms with E-state index >= 15 is 0 Å². The van der Waals surface area contributed by atoms with Crippen molar-refractivity contribution in [1.82, 2.24) is 10.2 Å². The van der Waals surface area contributed by atoms with Gasteiger partial charge in [-0.05, 0) is 42.3 Å². The maximum atomic E-state index is 13.1. The number of hydrogen-bond donors (Lipinski definition) is 2. The molecule has 0 aliphatic carbocycles. The first-order chi connectivity index (χ1) is 16.4. The summed E-state index contributed by atoms with van der Waals surface area (Å²) in [5.41, 5.74) is 2.53. The zero-order chi connectivity index (χ0) is 24.1. The number of carbonyl (C=O) groups is 1. The summed E-state index contributed by atoms with van der Waals surface area (Å²) in [6.07, 6.45) is 0.847. The van der Waals surface area contributed by atoms with Crippen molar-refractivity contribution in [3.05, 3.63) is 83.9 Å². The first-order valence-corrected chi connectivity index (χ1v) is 12.7. The van der Waals surface area contributed by atoms with Crippen LogP contribution in [0.1, 0.15) is 22.8 Å². The van der Waals surface area contributed by atoms with Gasteiger partial charge in [-0.3, -0.25) is 14.8 Å². The van der Waals surface area contributed by atoms with Gasteiger partial charge in [-0.1, -0.05) is 60.7 Å². The molecule has 0 bridgehead atoms. The molecule has 2 N–H and O–H groups in total. The molecular weight excluding hydrogens is 472 g/mol. The number of nitrogens with zero attached hydrogens (tertiary/aromatic N) is 2. The summed E-state index contributed by atoms with van der Waals surface area (Å²) >= 11 is 1.22. The van der Waals surface area contributed by atoms with Crippen molar-refractivity contribution in [2.24, 2.45) is 0 Å². The highest BCUT2D eigenvalue weighted by Crippen LogP contribution is 2.29. The molecule has 34 heavy (non-hydrogen) atoms. The van der Waals surface area contributed by atoms with Crippen molar-refractivity contribution < 1.29 is 17.9 Å². The van der Waals surface area contributed by atoms with Gasteiger partial charge in [0.1, 0.15) is 15.7 Å². The van der Waals surface area contributed by atoms with Gasteiger partial charge in [0, 0.05) is 16.8 Å². The van der Waals surface area contributed by atoms with E-state index in [1.807, 2.05) is 49.4 Å². The topological polar surface area (TPSA) is 110 Å². The Morgan fingerprint density at radius 1 is 1.00 bits per heavy atom. The highest BCUT2D eigenvalue weighted by Gasteiger charge is 2.22. The smallest absolute Gasteiger partial charge is 0.265 e. The van der Waals surface area contributed by atoms with Crippen LogP contribution in [0.3, 0.4) is 0 Å². The molecule has 0 unspecified atom stereocenters. The average molecular weight is 495 g/mol. The SMILES string of the molecule is CCc1ccc(NS(=O)(=O)c2cc(C(=O)Nc3nnc(-c4ccccc4)s3)ccc2OC)cc1. The summed E-state index contributed by atoms with van der Waals surface area (Å²) in [7, 11) is -2.65. The van der Waals surface area contributed by atoms with Crippen molar-refractivity contribution >= 4 is 38.1 Å². The molecule has 3 aromatic carbocycles. The van der Waals surface area contributed by atoms with Crippen LogP contribution in [-0.2, 0) is 16.4 Å². The quantitative estimate of drug-likeness (QED) is 0.363. The number of amides is 1. The minimum Gasteiger partial charge on any atom is -0.495 e. The lowest BCUT2D eigenvalue weighted by Gasteiger charge is -2.13. The Morgan fingerprint density at radius 2 is 1.74 bits per heavy atom. The van der Waals surface area contributed by atoms with Crippen LogP contribution < -0.4 is 14.8 Å². The van der Waals surface area contributed by atoms with Crippen LogP contribution in [0.15, 0.2) is 77.7 Å². The minimum atomic E-state index is -4.02. The van der Waals surface area contributed by atoms with Crippen LogP contribution in [-0.4, -0.2) is 31.6 Å². The maximum absolute atomic E-state index is 13.1. The summed E-state index contributed by atoms with van der Waals surface area (Å²) in [5, 5.41) is 11.8. The van der Waals surface area contributed by atoms with E-state index in [-0.39, 0.29) is 16.2 Å². The average Bonchev–Trinajstić information content (AvgIpc) is 3.33. The van der Waals surface area contributed by atoms with Crippen molar-refractivity contribution in [3.63, 3.8) is 0 Å². The molecule has 0 fully saturated rings. The zero-order valence-electron chi connectivity index (χ0n) is 18.5. The molecule has 0 spiro atoms. The van der Waals surface area contributed by atoms with Crippen LogP contribution >= 0.6 is 11.3 Å². The molecular formula is C24H22N4O4S2. The molecule has 4 rings (SSSR count). The van der Waals surface area contributed by atoms with E-state index in [1.165, 1.54) is 36.6 Å². The van der Waals surface area contributed by atoms with Gasteiger partial charge in [-0.15, -0.1) is 10.2 Å². The van der Waals surface area contributed by atoms with Crippen molar-refractivity contribution in [3.8, 4) is 16.3 Å². The highest BCUT2D eigenvalue weighted by molar-refractivity contribution is 7.92. The predicted octanol–water partition coefficient (Wildman–Crippen LogP) is 4.83. The number of benzene rings is 3. The molecule has 1 amide bonds. The van der Waals surface area contributed by atoms with E-state index in [0.717, 1.165) is 17.5 Å². The van der Waals surface area contributed by atoms with Gasteiger partial charge < -0.3 is 4.74 Å². The van der Waals surface area contributed by atoms with Gasteiger partial charge in [0.2, 0.25) is 5.13 Å². The normalized spacial score (nSPS) is 11.1. The van der Waals surface area contributed by atoms with Gasteiger partial charge >= 0.3 is 0 Å². The number of aromatic nitrogens is 2. The monoisotopic (exact) mass is 494 g/mol. The maximum Gasteiger partial charge on any atom is 0.265 e. The molecule has 1 aromatic heterocycles. The van der Waals surface area contributed by atoms with Gasteiger partial charge in [0.25, 0.3) is 15.9 Å². The molecule has 0 atom stereocenters. The Hall–Kier alpha value is -3.76. The van der Waals surface area contributed by atoms with Crippen molar-refractivity contribution in [1.29, 1.82) is 0 Å². The number of aryl methyl sites for hydroxylation is 1. The zero-order valence-corrected chi connectivity index (χ0v) is 20.1. The van der Waals surface area contributed by atoms with E-state index < -0.39 is 15.9 Å². The summed E-state index contributed by atoms with van der Waals surface area (Å²) in [5.74, 6) is -0.390. The summed E-state index contributed by atoms with van der Waals surface area (Å²) in [6, 6.07) is 20.8. The molecule has 0 aliphatic rings. The Labute approximate surface area is 201 Å². The Kier molecular flexibility index (Phi) is 6.90. The van der Waals surface area contributed by atoms with Crippen LogP contribution in [0, 0.1) is 0 Å². The standard InChI is InChI=1S/C24H22N4O4S2/c1-3-16-9-12-19(13-10-16)28-34(30,31)21-15-18(11-14-20(21)32-2)22(29)25-24-27-26-23(33-24)17-7-5-4-6-8-17/h4-15,28H,3H2,1-2H3,(H,25,27,29). The van der Waals surface area contributed by atoms with E-state index in [9.17, 15) is 13.2 Å². The molecule has 4 aromatic rings. The first-order valence-electron chi connectivity index (χ1n) is 10.4. The van der Waals surface area contributed by atoms with E-state index in [4.69, 9.17) is 4.74 Å². The number of carbonyl (C=O) groups excluding carboxylic acids is 1. The van der Waals surface area contributed by atoms with Gasteiger partial charge in [-0.25, -0.2) is 8.42 Å². The number of nitrogens with one attached hydrogen (secondary N) is 2. The molecule has 0 saturated heterocycles. The fourth-order valence-corrected chi connectivity index (χ4v) is 5.19. The summed E-state index contributed by atoms with van der Waals surface area (Å²) < 4.78 is 34.0. The number of anilines is 2. The third-order valence-corrected chi connectivity index (χ3v) is 7.29. The molecule has 174 valence electrons. The largest absolute Gasteiger partial charge is 0.495 e. The molecule has 10 heteroatoms. The third-order valence-electron chi connectivity index (χ3n) is 5.00. The molecule has 0 saturated carbocycles. The van der Waals surface area contributed by atoms with Crippen LogP contribution in [0.5, 0.6) is 5.75 Å². The van der Waals surface area contributed by atoms with Crippen molar-refractivity contribution in [2.45, 2.75) is 18.2 Å². The minimum absolute atomic E-state index is 0.122. The van der Waals surface area contributed by atoms with E-state index in [2.05, 4.69) is 20.2 Å². The summed E-state index contributed by atoms with van der Waals surface area (Å²) in [6.45, 7) is 2.02. The fourth-order valence-electron chi connectivity index (χ4n) is 3.19. The van der Waals surface area contributed by atoms with Crippen LogP contribution in [0.2, 0.25) is 0 Å². The molecule has 8 nitrogen and oxygen atoms in total. The van der Waals surface area contributed by atoms with Gasteiger partial charge in [-0.2, -0.15) is 0 Å². The molecule has 0 radical (unpaired) electrons. The highest BCUT2D eigenvalue weighted by atomic mass is 32.2. The van der Waals surface area contributed by atoms with Crippen LogP contribution in [0.4, 0.5) is 10.8 Å². The number of sulfonamides is 1. The second-order valence-corrected chi connectivity index (χ2v) is 9.88. The predicted molar refractivity (Wildman–Crippen MR) is 133 cm³/mol. The lowest BCUT2D eigenvalue weighted by molar-refractivity contribution is 0.102. The molecule has 1 heterocycles. The Bertz CT molecular complexity index is 1400. The Morgan fingerprint density at radius 3 is 2.41 bits per heavy atom. The lowest BCUT2D eigenvalue weighted by Crippen LogP contribution is -2.17. The van der Waals surface area contributed by atoms with Crippen LogP contribution in [0.25, 0.3) is 10.6 Å². The third kappa shape index (κ3) is 5.24. The first kappa shape index (κ1) is 23.4. The Balaban J connectivity index is 1.56. The van der Waals surface area contributed by atoms with Gasteiger partial charge in [0.05, 0.1) is 7.11 Å². The van der Waals surface area contributed by atoms with E-state index in [1.54, 1.807) is 12.1 Å². The summed E-state index contributed by atoms with van der Waals surface area (Å²) in [4.78, 5) is 12.7. The number of methoxy groups -OCH3 is 1. The number of rotatable bonds is 8. The fraction of sp³-hybridized carbons (Fsp3) is 0.125. The second kappa shape index (κ2) is 10.0.